The molecule has 1 aliphatic rings. The van der Waals surface area contributed by atoms with Crippen LogP contribution in [0.4, 0.5) is 0 Å². The highest BCUT2D eigenvalue weighted by Gasteiger charge is 2.18. The number of carboxylic acid groups (broad SMARTS) is 1. The topological polar surface area (TPSA) is 72.2 Å². The third kappa shape index (κ3) is 3.43. The maximum absolute atomic E-state index is 12.5. The van der Waals surface area contributed by atoms with Crippen LogP contribution in [-0.4, -0.2) is 20.6 Å². The van der Waals surface area contributed by atoms with Crippen LogP contribution in [-0.2, 0) is 6.54 Å². The van der Waals surface area contributed by atoms with E-state index in [2.05, 4.69) is 39.1 Å². The molecule has 6 heteroatoms. The van der Waals surface area contributed by atoms with Crippen molar-refractivity contribution in [1.82, 2.24) is 9.55 Å². The largest absolute Gasteiger partial charge is 0.477 e. The molecule has 5 nitrogen and oxygen atoms in total. The number of nitrogens with zero attached hydrogens (tertiary/aromatic N) is 2. The fraction of sp³-hybridized carbons (Fsp3) is 0.136. The Morgan fingerprint density at radius 3 is 2.86 bits per heavy atom. The summed E-state index contributed by atoms with van der Waals surface area (Å²) < 4.78 is 2.52. The molecule has 0 radical (unpaired) electrons. The van der Waals surface area contributed by atoms with E-state index >= 15 is 0 Å². The lowest BCUT2D eigenvalue weighted by Gasteiger charge is -2.20. The van der Waals surface area contributed by atoms with Gasteiger partial charge in [0.05, 0.1) is 5.52 Å². The number of pyridine rings is 2. The Bertz CT molecular complexity index is 1190. The van der Waals surface area contributed by atoms with Crippen LogP contribution in [0, 0.1) is 0 Å². The first-order valence-electron chi connectivity index (χ1n) is 8.87. The van der Waals surface area contributed by atoms with Gasteiger partial charge in [-0.15, -0.1) is 0 Å². The minimum atomic E-state index is -1.25. The van der Waals surface area contributed by atoms with Crippen LogP contribution in [0.1, 0.15) is 33.8 Å². The number of aromatic carboxylic acids is 1. The van der Waals surface area contributed by atoms with Gasteiger partial charge < -0.3 is 9.67 Å². The first-order valence-corrected chi connectivity index (χ1v) is 9.67. The van der Waals surface area contributed by atoms with Crippen molar-refractivity contribution in [2.24, 2.45) is 0 Å². The van der Waals surface area contributed by atoms with Crippen molar-refractivity contribution in [3.05, 3.63) is 98.4 Å². The smallest absolute Gasteiger partial charge is 0.341 e. The van der Waals surface area contributed by atoms with Crippen molar-refractivity contribution >= 4 is 32.9 Å². The van der Waals surface area contributed by atoms with E-state index in [4.69, 9.17) is 0 Å². The number of halogens is 1. The molecule has 0 fully saturated rings. The zero-order valence-electron chi connectivity index (χ0n) is 14.9. The predicted octanol–water partition coefficient (Wildman–Crippen LogP) is 4.51. The molecule has 28 heavy (non-hydrogen) atoms. The van der Waals surface area contributed by atoms with Gasteiger partial charge in [-0.1, -0.05) is 48.6 Å². The molecule has 2 aromatic heterocycles. The van der Waals surface area contributed by atoms with Crippen molar-refractivity contribution in [3.8, 4) is 0 Å². The van der Waals surface area contributed by atoms with Crippen molar-refractivity contribution in [1.29, 1.82) is 0 Å². The standard InChI is InChI=1S/C22H17BrN2O3/c23-16-10-19-20(24-11-16)21(26)18(22(27)28)13-25(19)12-15-8-4-5-9-17(15)14-6-2-1-3-7-14/h1-6,8-11,13-14H,7,12H2,(H,27,28). The summed E-state index contributed by atoms with van der Waals surface area (Å²) in [6, 6.07) is 9.91. The minimum absolute atomic E-state index is 0.154. The second kappa shape index (κ2) is 7.56. The Hall–Kier alpha value is -2.99. The first-order chi connectivity index (χ1) is 13.5. The fourth-order valence-electron chi connectivity index (χ4n) is 3.55. The molecular weight excluding hydrogens is 420 g/mol. The van der Waals surface area contributed by atoms with Crippen LogP contribution in [0.15, 0.2) is 76.3 Å². The molecule has 0 bridgehead atoms. The molecule has 0 saturated heterocycles. The molecule has 0 saturated carbocycles. The van der Waals surface area contributed by atoms with Gasteiger partial charge in [0, 0.05) is 29.3 Å². The van der Waals surface area contributed by atoms with Gasteiger partial charge in [-0.25, -0.2) is 9.78 Å². The zero-order valence-corrected chi connectivity index (χ0v) is 16.5. The van der Waals surface area contributed by atoms with E-state index in [0.29, 0.717) is 12.1 Å². The number of carboxylic acids is 1. The maximum Gasteiger partial charge on any atom is 0.341 e. The number of benzene rings is 1. The Morgan fingerprint density at radius 1 is 1.29 bits per heavy atom. The molecule has 1 unspecified atom stereocenters. The lowest BCUT2D eigenvalue weighted by Crippen LogP contribution is -2.20. The first kappa shape index (κ1) is 18.4. The summed E-state index contributed by atoms with van der Waals surface area (Å²) in [4.78, 5) is 28.3. The third-order valence-corrected chi connectivity index (χ3v) is 5.33. The van der Waals surface area contributed by atoms with Gasteiger partial charge in [-0.05, 0) is 39.5 Å². The number of allylic oxidation sites excluding steroid dienone is 4. The van der Waals surface area contributed by atoms with Gasteiger partial charge in [0.15, 0.2) is 0 Å². The van der Waals surface area contributed by atoms with Crippen molar-refractivity contribution in [2.45, 2.75) is 18.9 Å². The van der Waals surface area contributed by atoms with E-state index in [9.17, 15) is 14.7 Å². The van der Waals surface area contributed by atoms with Crippen LogP contribution < -0.4 is 5.43 Å². The van der Waals surface area contributed by atoms with Crippen LogP contribution in [0.25, 0.3) is 11.0 Å². The van der Waals surface area contributed by atoms with Crippen LogP contribution in [0.3, 0.4) is 0 Å². The zero-order chi connectivity index (χ0) is 19.7. The summed E-state index contributed by atoms with van der Waals surface area (Å²) in [5.74, 6) is -0.977. The molecule has 0 aliphatic heterocycles. The van der Waals surface area contributed by atoms with E-state index < -0.39 is 11.4 Å². The highest BCUT2D eigenvalue weighted by atomic mass is 79.9. The number of fused-ring (bicyclic) bond motifs is 1. The fourth-order valence-corrected chi connectivity index (χ4v) is 3.87. The molecule has 1 aliphatic carbocycles. The number of hydrogen-bond donors (Lipinski definition) is 1. The van der Waals surface area contributed by atoms with Crippen molar-refractivity contribution < 1.29 is 9.90 Å². The Labute approximate surface area is 169 Å². The van der Waals surface area contributed by atoms with Crippen LogP contribution in [0.2, 0.25) is 0 Å². The molecule has 1 aromatic carbocycles. The number of hydrogen-bond acceptors (Lipinski definition) is 3. The monoisotopic (exact) mass is 436 g/mol. The second-order valence-electron chi connectivity index (χ2n) is 6.68. The lowest BCUT2D eigenvalue weighted by atomic mass is 9.89. The van der Waals surface area contributed by atoms with Gasteiger partial charge in [-0.2, -0.15) is 0 Å². The number of aromatic nitrogens is 2. The predicted molar refractivity (Wildman–Crippen MR) is 112 cm³/mol. The Morgan fingerprint density at radius 2 is 2.11 bits per heavy atom. The molecule has 1 atom stereocenters. The lowest BCUT2D eigenvalue weighted by molar-refractivity contribution is 0.0695. The highest BCUT2D eigenvalue weighted by molar-refractivity contribution is 9.10. The summed E-state index contributed by atoms with van der Waals surface area (Å²) in [6.07, 6.45) is 12.2. The SMILES string of the molecule is O=C(O)c1cn(Cc2ccccc2C2C=CC=CC2)c2cc(Br)cnc2c1=O. The van der Waals surface area contributed by atoms with Gasteiger partial charge >= 0.3 is 5.97 Å². The molecule has 4 rings (SSSR count). The number of carbonyl (C=O) groups is 1. The molecule has 0 amide bonds. The highest BCUT2D eigenvalue weighted by Crippen LogP contribution is 2.28. The summed E-state index contributed by atoms with van der Waals surface area (Å²) in [7, 11) is 0. The molecule has 3 aromatic rings. The van der Waals surface area contributed by atoms with Gasteiger partial charge in [0.1, 0.15) is 11.1 Å². The third-order valence-electron chi connectivity index (χ3n) is 4.89. The summed E-state index contributed by atoms with van der Waals surface area (Å²) in [5.41, 5.74) is 2.17. The van der Waals surface area contributed by atoms with E-state index in [-0.39, 0.29) is 17.0 Å². The Balaban J connectivity index is 1.87. The maximum atomic E-state index is 12.5. The van der Waals surface area contributed by atoms with Gasteiger partial charge in [0.2, 0.25) is 5.43 Å². The second-order valence-corrected chi connectivity index (χ2v) is 7.60. The van der Waals surface area contributed by atoms with Gasteiger partial charge in [-0.3, -0.25) is 4.79 Å². The van der Waals surface area contributed by atoms with Crippen molar-refractivity contribution in [3.63, 3.8) is 0 Å². The molecule has 0 spiro atoms. The van der Waals surface area contributed by atoms with E-state index in [1.807, 2.05) is 30.4 Å². The molecular formula is C22H17BrN2O3. The quantitative estimate of drug-likeness (QED) is 0.652. The minimum Gasteiger partial charge on any atom is -0.477 e. The molecule has 2 heterocycles. The van der Waals surface area contributed by atoms with E-state index in [1.54, 1.807) is 10.6 Å². The average Bonchev–Trinajstić information content (AvgIpc) is 2.71. The summed E-state index contributed by atoms with van der Waals surface area (Å²) in [5, 5.41) is 9.46. The van der Waals surface area contributed by atoms with Crippen molar-refractivity contribution in [2.75, 3.05) is 0 Å². The normalized spacial score (nSPS) is 15.8. The van der Waals surface area contributed by atoms with Gasteiger partial charge in [0.25, 0.3) is 0 Å². The Kier molecular flexibility index (Phi) is 4.96. The van der Waals surface area contributed by atoms with E-state index in [0.717, 1.165) is 16.5 Å². The summed E-state index contributed by atoms with van der Waals surface area (Å²) in [6.45, 7) is 0.444. The van der Waals surface area contributed by atoms with Crippen LogP contribution >= 0.6 is 15.9 Å². The van der Waals surface area contributed by atoms with Crippen LogP contribution in [0.5, 0.6) is 0 Å². The molecule has 140 valence electrons. The molecule has 1 N–H and O–H groups in total. The van der Waals surface area contributed by atoms with E-state index in [1.165, 1.54) is 18.0 Å². The summed E-state index contributed by atoms with van der Waals surface area (Å²) >= 11 is 3.39. The average molecular weight is 437 g/mol. The number of rotatable bonds is 4.